The molecule has 0 saturated carbocycles. The first-order chi connectivity index (χ1) is 11.9. The summed E-state index contributed by atoms with van der Waals surface area (Å²) in [6, 6.07) is 12.1. The maximum atomic E-state index is 13.1. The second-order valence-corrected chi connectivity index (χ2v) is 8.56. The molecule has 134 valence electrons. The molecule has 0 saturated heterocycles. The molecule has 0 radical (unpaired) electrons. The van der Waals surface area contributed by atoms with Gasteiger partial charge < -0.3 is 10.5 Å². The maximum absolute atomic E-state index is 13.1. The number of anilines is 2. The van der Waals surface area contributed by atoms with E-state index in [2.05, 4.69) is 13.8 Å². The van der Waals surface area contributed by atoms with E-state index in [1.165, 1.54) is 4.31 Å². The van der Waals surface area contributed by atoms with Gasteiger partial charge in [-0.05, 0) is 60.7 Å². The van der Waals surface area contributed by atoms with Gasteiger partial charge in [0.1, 0.15) is 5.75 Å². The van der Waals surface area contributed by atoms with E-state index in [1.807, 2.05) is 12.1 Å². The molecular weight excluding hydrogens is 336 g/mol. The second kappa shape index (κ2) is 6.96. The summed E-state index contributed by atoms with van der Waals surface area (Å²) in [6.07, 6.45) is 1.56. The van der Waals surface area contributed by atoms with Crippen LogP contribution in [0.3, 0.4) is 0 Å². The lowest BCUT2D eigenvalue weighted by molar-refractivity contribution is 0.271. The predicted octanol–water partition coefficient (Wildman–Crippen LogP) is 3.45. The lowest BCUT2D eigenvalue weighted by Gasteiger charge is -2.31. The van der Waals surface area contributed by atoms with Gasteiger partial charge in [0.25, 0.3) is 10.0 Å². The van der Waals surface area contributed by atoms with Gasteiger partial charge in [0.2, 0.25) is 0 Å². The molecule has 0 amide bonds. The molecule has 1 aliphatic heterocycles. The van der Waals surface area contributed by atoms with Crippen molar-refractivity contribution in [3.8, 4) is 5.75 Å². The smallest absolute Gasteiger partial charge is 0.264 e. The fraction of sp³-hybridized carbons (Fsp3) is 0.368. The fourth-order valence-corrected chi connectivity index (χ4v) is 4.50. The average Bonchev–Trinajstić information content (AvgIpc) is 2.60. The van der Waals surface area contributed by atoms with Crippen LogP contribution in [0.4, 0.5) is 11.4 Å². The third kappa shape index (κ3) is 3.58. The molecule has 0 fully saturated rings. The number of sulfonamides is 1. The Morgan fingerprint density at radius 3 is 2.56 bits per heavy atom. The summed E-state index contributed by atoms with van der Waals surface area (Å²) in [4.78, 5) is 0.264. The SMILES string of the molecule is CC(C)COc1ccc(S(=O)(=O)N2CCCc3c(N)cccc32)cc1. The van der Waals surface area contributed by atoms with Crippen molar-refractivity contribution < 1.29 is 13.2 Å². The third-order valence-corrected chi connectivity index (χ3v) is 6.07. The van der Waals surface area contributed by atoms with Crippen molar-refractivity contribution in [3.63, 3.8) is 0 Å². The van der Waals surface area contributed by atoms with E-state index < -0.39 is 10.0 Å². The Balaban J connectivity index is 1.89. The van der Waals surface area contributed by atoms with Crippen LogP contribution in [0.1, 0.15) is 25.8 Å². The highest BCUT2D eigenvalue weighted by Crippen LogP contribution is 2.35. The molecule has 0 aromatic heterocycles. The minimum atomic E-state index is -3.62. The van der Waals surface area contributed by atoms with Crippen molar-refractivity contribution in [1.82, 2.24) is 0 Å². The van der Waals surface area contributed by atoms with Gasteiger partial charge in [-0.3, -0.25) is 4.31 Å². The van der Waals surface area contributed by atoms with E-state index in [4.69, 9.17) is 10.5 Å². The van der Waals surface area contributed by atoms with Crippen molar-refractivity contribution in [1.29, 1.82) is 0 Å². The van der Waals surface area contributed by atoms with Crippen LogP contribution in [0.5, 0.6) is 5.75 Å². The van der Waals surface area contributed by atoms with Crippen LogP contribution < -0.4 is 14.8 Å². The van der Waals surface area contributed by atoms with Gasteiger partial charge in [-0.2, -0.15) is 0 Å². The van der Waals surface area contributed by atoms with E-state index in [-0.39, 0.29) is 4.90 Å². The fourth-order valence-electron chi connectivity index (χ4n) is 2.97. The summed E-state index contributed by atoms with van der Waals surface area (Å²) in [7, 11) is -3.62. The van der Waals surface area contributed by atoms with E-state index in [9.17, 15) is 8.42 Å². The molecule has 6 heteroatoms. The number of rotatable bonds is 5. The summed E-state index contributed by atoms with van der Waals surface area (Å²) in [5.41, 5.74) is 8.27. The largest absolute Gasteiger partial charge is 0.493 e. The van der Waals surface area contributed by atoms with E-state index in [1.54, 1.807) is 30.3 Å². The van der Waals surface area contributed by atoms with Crippen molar-refractivity contribution in [2.75, 3.05) is 23.2 Å². The molecule has 0 bridgehead atoms. The molecule has 2 aromatic rings. The van der Waals surface area contributed by atoms with Crippen LogP contribution in [0, 0.1) is 5.92 Å². The van der Waals surface area contributed by atoms with Crippen LogP contribution in [-0.4, -0.2) is 21.6 Å². The van der Waals surface area contributed by atoms with Crippen molar-refractivity contribution in [2.45, 2.75) is 31.6 Å². The summed E-state index contributed by atoms with van der Waals surface area (Å²) < 4.78 is 33.3. The number of fused-ring (bicyclic) bond motifs is 1. The first kappa shape index (κ1) is 17.6. The summed E-state index contributed by atoms with van der Waals surface area (Å²) >= 11 is 0. The monoisotopic (exact) mass is 360 g/mol. The molecule has 1 aliphatic rings. The zero-order chi connectivity index (χ0) is 18.0. The van der Waals surface area contributed by atoms with Crippen LogP contribution in [-0.2, 0) is 16.4 Å². The quantitative estimate of drug-likeness (QED) is 0.829. The van der Waals surface area contributed by atoms with Gasteiger partial charge in [-0.15, -0.1) is 0 Å². The van der Waals surface area contributed by atoms with Crippen molar-refractivity contribution >= 4 is 21.4 Å². The molecule has 3 rings (SSSR count). The van der Waals surface area contributed by atoms with Gasteiger partial charge in [-0.1, -0.05) is 19.9 Å². The average molecular weight is 360 g/mol. The minimum Gasteiger partial charge on any atom is -0.493 e. The van der Waals surface area contributed by atoms with E-state index >= 15 is 0 Å². The Hall–Kier alpha value is -2.21. The van der Waals surface area contributed by atoms with Crippen LogP contribution in [0.25, 0.3) is 0 Å². The number of nitrogens with two attached hydrogens (primary N) is 1. The Morgan fingerprint density at radius 2 is 1.88 bits per heavy atom. The minimum absolute atomic E-state index is 0.264. The number of ether oxygens (including phenoxy) is 1. The molecule has 0 spiro atoms. The number of nitrogens with zero attached hydrogens (tertiary/aromatic N) is 1. The standard InChI is InChI=1S/C19H24N2O3S/c1-14(2)13-24-15-8-10-16(11-9-15)25(22,23)21-12-4-5-17-18(20)6-3-7-19(17)21/h3,6-11,14H,4-5,12-13,20H2,1-2H3. The van der Waals surface area contributed by atoms with Crippen LogP contribution >= 0.6 is 0 Å². The Labute approximate surface area is 149 Å². The zero-order valence-corrected chi connectivity index (χ0v) is 15.4. The highest BCUT2D eigenvalue weighted by Gasteiger charge is 2.29. The maximum Gasteiger partial charge on any atom is 0.264 e. The van der Waals surface area contributed by atoms with E-state index in [0.29, 0.717) is 36.2 Å². The third-order valence-electron chi connectivity index (χ3n) is 4.24. The van der Waals surface area contributed by atoms with Gasteiger partial charge in [0, 0.05) is 12.2 Å². The molecule has 25 heavy (non-hydrogen) atoms. The molecule has 0 unspecified atom stereocenters. The van der Waals surface area contributed by atoms with Gasteiger partial charge in [-0.25, -0.2) is 8.42 Å². The molecule has 2 aromatic carbocycles. The molecule has 1 heterocycles. The highest BCUT2D eigenvalue weighted by molar-refractivity contribution is 7.92. The van der Waals surface area contributed by atoms with Gasteiger partial charge >= 0.3 is 0 Å². The zero-order valence-electron chi connectivity index (χ0n) is 14.6. The second-order valence-electron chi connectivity index (χ2n) is 6.70. The van der Waals surface area contributed by atoms with Gasteiger partial charge in [0.05, 0.1) is 17.2 Å². The first-order valence-corrected chi connectivity index (χ1v) is 9.96. The Bertz CT molecular complexity index is 845. The van der Waals surface area contributed by atoms with E-state index in [0.717, 1.165) is 18.4 Å². The number of benzene rings is 2. The van der Waals surface area contributed by atoms with Crippen molar-refractivity contribution in [2.24, 2.45) is 5.92 Å². The topological polar surface area (TPSA) is 72.6 Å². The highest BCUT2D eigenvalue weighted by atomic mass is 32.2. The van der Waals surface area contributed by atoms with Crippen molar-refractivity contribution in [3.05, 3.63) is 48.0 Å². The summed E-state index contributed by atoms with van der Waals surface area (Å²) in [5.74, 6) is 1.09. The number of hydrogen-bond donors (Lipinski definition) is 1. The van der Waals surface area contributed by atoms with Gasteiger partial charge in [0.15, 0.2) is 0 Å². The normalized spacial score (nSPS) is 14.4. The number of hydrogen-bond acceptors (Lipinski definition) is 4. The Morgan fingerprint density at radius 1 is 1.16 bits per heavy atom. The molecule has 0 atom stereocenters. The number of nitrogen functional groups attached to an aromatic ring is 1. The lowest BCUT2D eigenvalue weighted by Crippen LogP contribution is -2.35. The first-order valence-electron chi connectivity index (χ1n) is 8.52. The molecule has 5 nitrogen and oxygen atoms in total. The molecule has 0 aliphatic carbocycles. The molecule has 2 N–H and O–H groups in total. The summed E-state index contributed by atoms with van der Waals surface area (Å²) in [6.45, 7) is 5.20. The summed E-state index contributed by atoms with van der Waals surface area (Å²) in [5, 5.41) is 0. The lowest BCUT2D eigenvalue weighted by atomic mass is 10.0. The molecular formula is C19H24N2O3S. The van der Waals surface area contributed by atoms with Crippen LogP contribution in [0.2, 0.25) is 0 Å². The predicted molar refractivity (Wildman–Crippen MR) is 100 cm³/mol. The Kier molecular flexibility index (Phi) is 4.90. The van der Waals surface area contributed by atoms with Crippen LogP contribution in [0.15, 0.2) is 47.4 Å².